The fraction of sp³-hybridized carbons (Fsp3) is 0.250. The van der Waals surface area contributed by atoms with E-state index in [0.717, 1.165) is 5.56 Å². The van der Waals surface area contributed by atoms with Crippen LogP contribution < -0.4 is 0 Å². The van der Waals surface area contributed by atoms with Crippen molar-refractivity contribution in [2.24, 2.45) is 0 Å². The van der Waals surface area contributed by atoms with E-state index in [2.05, 4.69) is 4.98 Å². The Balaban J connectivity index is 2.02. The summed E-state index contributed by atoms with van der Waals surface area (Å²) in [6, 6.07) is 1.75. The van der Waals surface area contributed by atoms with E-state index in [0.29, 0.717) is 10.7 Å². The van der Waals surface area contributed by atoms with Crippen molar-refractivity contribution < 1.29 is 12.8 Å². The molecule has 0 saturated carbocycles. The average molecular weight is 346 g/mol. The number of imidazole rings is 1. The van der Waals surface area contributed by atoms with E-state index in [9.17, 15) is 8.42 Å². The van der Waals surface area contributed by atoms with Crippen molar-refractivity contribution in [3.63, 3.8) is 0 Å². The smallest absolute Gasteiger partial charge is 0.262 e. The fourth-order valence-corrected chi connectivity index (χ4v) is 4.56. The minimum atomic E-state index is -3.75. The Labute approximate surface area is 130 Å². The second kappa shape index (κ2) is 5.13. The lowest BCUT2D eigenvalue weighted by Crippen LogP contribution is -2.27. The van der Waals surface area contributed by atoms with Gasteiger partial charge in [-0.25, -0.2) is 13.4 Å². The minimum Gasteiger partial charge on any atom is -0.469 e. The zero-order valence-electron chi connectivity index (χ0n) is 11.3. The monoisotopic (exact) mass is 345 g/mol. The Kier molecular flexibility index (Phi) is 3.56. The van der Waals surface area contributed by atoms with E-state index in [1.54, 1.807) is 24.6 Å². The molecule has 6 nitrogen and oxygen atoms in total. The topological polar surface area (TPSA) is 67.8 Å². The summed E-state index contributed by atoms with van der Waals surface area (Å²) in [6.45, 7) is 2.00. The molecule has 0 amide bonds. The van der Waals surface area contributed by atoms with Gasteiger partial charge in [-0.05, 0) is 13.0 Å². The highest BCUT2D eigenvalue weighted by atomic mass is 35.5. The van der Waals surface area contributed by atoms with Gasteiger partial charge < -0.3 is 4.42 Å². The minimum absolute atomic E-state index is 0.0101. The molecule has 9 heteroatoms. The fourth-order valence-electron chi connectivity index (χ4n) is 2.02. The predicted octanol–water partition coefficient (Wildman–Crippen LogP) is 2.77. The van der Waals surface area contributed by atoms with Gasteiger partial charge in [0.1, 0.15) is 5.76 Å². The maximum atomic E-state index is 12.7. The van der Waals surface area contributed by atoms with E-state index in [1.165, 1.54) is 33.4 Å². The lowest BCUT2D eigenvalue weighted by molar-refractivity contribution is 0.456. The number of thiazole rings is 1. The Morgan fingerprint density at radius 1 is 1.52 bits per heavy atom. The van der Waals surface area contributed by atoms with Gasteiger partial charge in [-0.2, -0.15) is 4.31 Å². The molecule has 3 aromatic heterocycles. The summed E-state index contributed by atoms with van der Waals surface area (Å²) in [4.78, 5) is 4.61. The van der Waals surface area contributed by atoms with Crippen molar-refractivity contribution in [2.75, 3.05) is 7.05 Å². The number of rotatable bonds is 4. The third-order valence-electron chi connectivity index (χ3n) is 3.19. The normalized spacial score (nSPS) is 12.6. The molecule has 21 heavy (non-hydrogen) atoms. The van der Waals surface area contributed by atoms with E-state index in [1.807, 2.05) is 0 Å². The average Bonchev–Trinajstić information content (AvgIpc) is 3.06. The van der Waals surface area contributed by atoms with Crippen molar-refractivity contribution >= 4 is 37.9 Å². The largest absolute Gasteiger partial charge is 0.469 e. The zero-order valence-corrected chi connectivity index (χ0v) is 13.7. The molecule has 3 aromatic rings. The van der Waals surface area contributed by atoms with Crippen molar-refractivity contribution in [1.82, 2.24) is 13.7 Å². The van der Waals surface area contributed by atoms with Gasteiger partial charge in [0.2, 0.25) is 0 Å². The van der Waals surface area contributed by atoms with Crippen molar-refractivity contribution in [3.05, 3.63) is 40.4 Å². The number of sulfonamides is 1. The summed E-state index contributed by atoms with van der Waals surface area (Å²) in [6.07, 6.45) is 3.18. The summed E-state index contributed by atoms with van der Waals surface area (Å²) in [7, 11) is -2.24. The van der Waals surface area contributed by atoms with Crippen LogP contribution in [-0.4, -0.2) is 29.2 Å². The number of aryl methyl sites for hydroxylation is 1. The Bertz CT molecular complexity index is 894. The molecule has 0 unspecified atom stereocenters. The molecule has 0 aromatic carbocycles. The Morgan fingerprint density at radius 2 is 2.29 bits per heavy atom. The van der Waals surface area contributed by atoms with E-state index in [-0.39, 0.29) is 16.7 Å². The summed E-state index contributed by atoms with van der Waals surface area (Å²) in [5.41, 5.74) is 0.809. The van der Waals surface area contributed by atoms with Gasteiger partial charge in [0, 0.05) is 30.7 Å². The van der Waals surface area contributed by atoms with Crippen LogP contribution in [-0.2, 0) is 16.6 Å². The van der Waals surface area contributed by atoms with E-state index < -0.39 is 10.0 Å². The third-order valence-corrected chi connectivity index (χ3v) is 6.15. The second-order valence-corrected chi connectivity index (χ2v) is 7.72. The third kappa shape index (κ3) is 2.38. The van der Waals surface area contributed by atoms with Gasteiger partial charge in [0.25, 0.3) is 10.0 Å². The van der Waals surface area contributed by atoms with Crippen LogP contribution in [0.4, 0.5) is 0 Å². The molecule has 3 heterocycles. The van der Waals surface area contributed by atoms with Crippen LogP contribution in [0.2, 0.25) is 5.15 Å². The molecule has 0 saturated heterocycles. The van der Waals surface area contributed by atoms with Crippen molar-refractivity contribution in [1.29, 1.82) is 0 Å². The molecule has 0 radical (unpaired) electrons. The Morgan fingerprint density at radius 3 is 2.95 bits per heavy atom. The summed E-state index contributed by atoms with van der Waals surface area (Å²) >= 11 is 7.33. The lowest BCUT2D eigenvalue weighted by atomic mass is 10.3. The molecule has 0 aliphatic heterocycles. The second-order valence-electron chi connectivity index (χ2n) is 4.53. The lowest BCUT2D eigenvalue weighted by Gasteiger charge is -2.16. The molecule has 0 atom stereocenters. The van der Waals surface area contributed by atoms with Crippen LogP contribution in [0.5, 0.6) is 0 Å². The molecule has 0 aliphatic carbocycles. The number of halogens is 1. The Hall–Kier alpha value is -1.35. The maximum Gasteiger partial charge on any atom is 0.262 e. The highest BCUT2D eigenvalue weighted by molar-refractivity contribution is 7.89. The standard InChI is InChI=1S/C12H12ClN3O3S2/c1-8-9(3-5-19-8)7-15(2)21(17,18)11-10(13)14-12-16(11)4-6-20-12/h3-6H,7H2,1-2H3. The molecule has 112 valence electrons. The molecule has 0 fully saturated rings. The van der Waals surface area contributed by atoms with Gasteiger partial charge in [0.05, 0.1) is 6.26 Å². The molecule has 0 spiro atoms. The highest BCUT2D eigenvalue weighted by Crippen LogP contribution is 2.28. The van der Waals surface area contributed by atoms with Gasteiger partial charge >= 0.3 is 0 Å². The molecular formula is C12H12ClN3O3S2. The first-order valence-electron chi connectivity index (χ1n) is 6.01. The number of aromatic nitrogens is 2. The zero-order chi connectivity index (χ0) is 15.2. The SMILES string of the molecule is Cc1occc1CN(C)S(=O)(=O)c1c(Cl)nc2sccn12. The summed E-state index contributed by atoms with van der Waals surface area (Å²) < 4.78 is 33.3. The van der Waals surface area contributed by atoms with Crippen LogP contribution in [0.15, 0.2) is 33.3 Å². The molecule has 0 N–H and O–H groups in total. The quantitative estimate of drug-likeness (QED) is 0.729. The summed E-state index contributed by atoms with van der Waals surface area (Å²) in [5, 5.41) is 1.74. The number of nitrogens with zero attached hydrogens (tertiary/aromatic N) is 3. The predicted molar refractivity (Wildman–Crippen MR) is 80.2 cm³/mol. The van der Waals surface area contributed by atoms with Crippen LogP contribution >= 0.6 is 22.9 Å². The van der Waals surface area contributed by atoms with Crippen LogP contribution in [0.1, 0.15) is 11.3 Å². The summed E-state index contributed by atoms with van der Waals surface area (Å²) in [5.74, 6) is 0.692. The van der Waals surface area contributed by atoms with E-state index >= 15 is 0 Å². The van der Waals surface area contributed by atoms with Crippen molar-refractivity contribution in [3.8, 4) is 0 Å². The maximum absolute atomic E-state index is 12.7. The number of hydrogen-bond donors (Lipinski definition) is 0. The van der Waals surface area contributed by atoms with Crippen LogP contribution in [0.25, 0.3) is 4.96 Å². The van der Waals surface area contributed by atoms with Crippen LogP contribution in [0, 0.1) is 6.92 Å². The van der Waals surface area contributed by atoms with E-state index in [4.69, 9.17) is 16.0 Å². The van der Waals surface area contributed by atoms with Gasteiger partial charge in [-0.3, -0.25) is 4.40 Å². The first kappa shape index (κ1) is 14.6. The first-order valence-corrected chi connectivity index (χ1v) is 8.71. The highest BCUT2D eigenvalue weighted by Gasteiger charge is 2.29. The van der Waals surface area contributed by atoms with Crippen molar-refractivity contribution in [2.45, 2.75) is 18.5 Å². The molecule has 0 aliphatic rings. The number of furan rings is 1. The van der Waals surface area contributed by atoms with Crippen LogP contribution in [0.3, 0.4) is 0 Å². The van der Waals surface area contributed by atoms with Gasteiger partial charge in [-0.15, -0.1) is 11.3 Å². The molecule has 3 rings (SSSR count). The number of fused-ring (bicyclic) bond motifs is 1. The number of hydrogen-bond acceptors (Lipinski definition) is 5. The molecular weight excluding hydrogens is 334 g/mol. The first-order chi connectivity index (χ1) is 9.91. The van der Waals surface area contributed by atoms with Gasteiger partial charge in [0.15, 0.2) is 15.1 Å². The van der Waals surface area contributed by atoms with Gasteiger partial charge in [-0.1, -0.05) is 11.6 Å². The molecule has 0 bridgehead atoms.